The second-order valence-corrected chi connectivity index (χ2v) is 6.32. The van der Waals surface area contributed by atoms with E-state index in [-0.39, 0.29) is 0 Å². The van der Waals surface area contributed by atoms with Crippen LogP contribution in [0.1, 0.15) is 0 Å². The summed E-state index contributed by atoms with van der Waals surface area (Å²) in [4.78, 5) is 8.62. The first-order valence-electron chi connectivity index (χ1n) is 7.90. The SMILES string of the molecule is c1cc(-c2ccnc3ccc(-c4ccc5nsnc5c4)cc23)ccn1. The van der Waals surface area contributed by atoms with Gasteiger partial charge in [0.25, 0.3) is 0 Å². The van der Waals surface area contributed by atoms with Gasteiger partial charge < -0.3 is 0 Å². The Morgan fingerprint density at radius 3 is 2.24 bits per heavy atom. The van der Waals surface area contributed by atoms with E-state index < -0.39 is 0 Å². The van der Waals surface area contributed by atoms with E-state index in [1.54, 1.807) is 0 Å². The molecule has 0 aliphatic carbocycles. The Bertz CT molecular complexity index is 1200. The Hall–Kier alpha value is -3.18. The minimum absolute atomic E-state index is 0.933. The number of nitrogens with zero attached hydrogens (tertiary/aromatic N) is 4. The van der Waals surface area contributed by atoms with Crippen molar-refractivity contribution in [1.29, 1.82) is 0 Å². The fraction of sp³-hybridized carbons (Fsp3) is 0. The second kappa shape index (κ2) is 5.72. The summed E-state index contributed by atoms with van der Waals surface area (Å²) in [6.07, 6.45) is 5.48. The number of rotatable bonds is 2. The number of aromatic nitrogens is 4. The third-order valence-electron chi connectivity index (χ3n) is 4.32. The Kier molecular flexibility index (Phi) is 3.24. The molecule has 4 nitrogen and oxygen atoms in total. The Balaban J connectivity index is 1.72. The highest BCUT2D eigenvalue weighted by Gasteiger charge is 2.08. The van der Waals surface area contributed by atoms with E-state index in [2.05, 4.69) is 55.1 Å². The molecule has 0 fully saturated rings. The van der Waals surface area contributed by atoms with Crippen LogP contribution in [0.2, 0.25) is 0 Å². The highest BCUT2D eigenvalue weighted by Crippen LogP contribution is 2.31. The summed E-state index contributed by atoms with van der Waals surface area (Å²) in [7, 11) is 0. The van der Waals surface area contributed by atoms with E-state index in [1.807, 2.05) is 36.8 Å². The largest absolute Gasteiger partial charge is 0.265 e. The highest BCUT2D eigenvalue weighted by atomic mass is 32.1. The molecule has 0 bridgehead atoms. The van der Waals surface area contributed by atoms with Crippen molar-refractivity contribution in [1.82, 2.24) is 18.7 Å². The monoisotopic (exact) mass is 340 g/mol. The molecule has 0 radical (unpaired) electrons. The summed E-state index contributed by atoms with van der Waals surface area (Å²) in [6.45, 7) is 0. The molecule has 0 aliphatic heterocycles. The van der Waals surface area contributed by atoms with E-state index >= 15 is 0 Å². The van der Waals surface area contributed by atoms with E-state index in [4.69, 9.17) is 0 Å². The zero-order chi connectivity index (χ0) is 16.6. The lowest BCUT2D eigenvalue weighted by atomic mass is 9.98. The summed E-state index contributed by atoms with van der Waals surface area (Å²) in [5.74, 6) is 0. The van der Waals surface area contributed by atoms with Gasteiger partial charge in [-0.1, -0.05) is 12.1 Å². The predicted octanol–water partition coefficient (Wildman–Crippen LogP) is 4.97. The van der Waals surface area contributed by atoms with E-state index in [0.717, 1.165) is 44.2 Å². The topological polar surface area (TPSA) is 51.6 Å². The molecule has 0 amide bonds. The number of hydrogen-bond donors (Lipinski definition) is 0. The van der Waals surface area contributed by atoms with Gasteiger partial charge in [0.2, 0.25) is 0 Å². The van der Waals surface area contributed by atoms with Crippen molar-refractivity contribution in [2.24, 2.45) is 0 Å². The molecule has 3 aromatic heterocycles. The van der Waals surface area contributed by atoms with Crippen molar-refractivity contribution in [2.75, 3.05) is 0 Å². The van der Waals surface area contributed by atoms with Crippen LogP contribution in [0.5, 0.6) is 0 Å². The first-order valence-corrected chi connectivity index (χ1v) is 8.63. The molecule has 0 saturated heterocycles. The van der Waals surface area contributed by atoms with Gasteiger partial charge >= 0.3 is 0 Å². The molecule has 5 aromatic rings. The van der Waals surface area contributed by atoms with Crippen molar-refractivity contribution < 1.29 is 0 Å². The molecule has 0 atom stereocenters. The van der Waals surface area contributed by atoms with Crippen molar-refractivity contribution in [3.63, 3.8) is 0 Å². The lowest BCUT2D eigenvalue weighted by Gasteiger charge is -2.09. The molecule has 5 heteroatoms. The standard InChI is InChI=1S/C20H12N4S/c1-3-18-17(16(7-10-22-18)13-5-8-21-9-6-13)11-14(1)15-2-4-19-20(12-15)24-25-23-19/h1-12H. The maximum Gasteiger partial charge on any atom is 0.105 e. The van der Waals surface area contributed by atoms with Crippen LogP contribution in [0.25, 0.3) is 44.2 Å². The first kappa shape index (κ1) is 14.2. The van der Waals surface area contributed by atoms with Crippen LogP contribution in [0, 0.1) is 0 Å². The summed E-state index contributed by atoms with van der Waals surface area (Å²) < 4.78 is 8.62. The molecule has 2 aromatic carbocycles. The van der Waals surface area contributed by atoms with E-state index in [0.29, 0.717) is 0 Å². The average Bonchev–Trinajstić information content (AvgIpc) is 3.15. The van der Waals surface area contributed by atoms with Crippen LogP contribution >= 0.6 is 11.7 Å². The predicted molar refractivity (Wildman–Crippen MR) is 101 cm³/mol. The summed E-state index contributed by atoms with van der Waals surface area (Å²) in [6, 6.07) is 18.7. The summed E-state index contributed by atoms with van der Waals surface area (Å²) in [5.41, 5.74) is 7.42. The average molecular weight is 340 g/mol. The van der Waals surface area contributed by atoms with Gasteiger partial charge in [0.15, 0.2) is 0 Å². The van der Waals surface area contributed by atoms with Gasteiger partial charge in [0.05, 0.1) is 17.2 Å². The van der Waals surface area contributed by atoms with Crippen LogP contribution in [-0.4, -0.2) is 18.7 Å². The molecule has 0 spiro atoms. The van der Waals surface area contributed by atoms with Gasteiger partial charge in [-0.15, -0.1) is 0 Å². The maximum absolute atomic E-state index is 4.51. The number of fused-ring (bicyclic) bond motifs is 2. The quantitative estimate of drug-likeness (QED) is 0.455. The molecule has 25 heavy (non-hydrogen) atoms. The zero-order valence-corrected chi connectivity index (χ0v) is 13.9. The van der Waals surface area contributed by atoms with Crippen LogP contribution < -0.4 is 0 Å². The molecule has 0 unspecified atom stereocenters. The molecular weight excluding hydrogens is 328 g/mol. The van der Waals surface area contributed by atoms with Gasteiger partial charge in [-0.3, -0.25) is 9.97 Å². The summed E-state index contributed by atoms with van der Waals surface area (Å²) >= 11 is 1.24. The number of hydrogen-bond acceptors (Lipinski definition) is 5. The molecular formula is C20H12N4S. The van der Waals surface area contributed by atoms with Gasteiger partial charge in [0, 0.05) is 24.0 Å². The molecule has 5 rings (SSSR count). The lowest BCUT2D eigenvalue weighted by molar-refractivity contribution is 1.33. The van der Waals surface area contributed by atoms with Gasteiger partial charge in [-0.05, 0) is 64.7 Å². The maximum atomic E-state index is 4.51. The van der Waals surface area contributed by atoms with Crippen LogP contribution in [0.3, 0.4) is 0 Å². The van der Waals surface area contributed by atoms with Gasteiger partial charge in [0.1, 0.15) is 11.0 Å². The van der Waals surface area contributed by atoms with Crippen LogP contribution in [0.15, 0.2) is 73.2 Å². The number of benzene rings is 2. The third-order valence-corrected chi connectivity index (χ3v) is 4.88. The smallest absolute Gasteiger partial charge is 0.105 e. The van der Waals surface area contributed by atoms with Crippen LogP contribution in [0.4, 0.5) is 0 Å². The summed E-state index contributed by atoms with van der Waals surface area (Å²) in [5, 5.41) is 1.13. The van der Waals surface area contributed by atoms with Crippen molar-refractivity contribution in [3.8, 4) is 22.3 Å². The molecule has 0 N–H and O–H groups in total. The van der Waals surface area contributed by atoms with Crippen molar-refractivity contribution in [3.05, 3.63) is 73.2 Å². The zero-order valence-electron chi connectivity index (χ0n) is 13.1. The Labute approximate surface area is 148 Å². The van der Waals surface area contributed by atoms with E-state index in [1.165, 1.54) is 11.7 Å². The normalized spacial score (nSPS) is 11.2. The van der Waals surface area contributed by atoms with Crippen molar-refractivity contribution in [2.45, 2.75) is 0 Å². The fourth-order valence-corrected chi connectivity index (χ4v) is 3.59. The number of pyridine rings is 2. The molecule has 3 heterocycles. The van der Waals surface area contributed by atoms with Crippen LogP contribution in [-0.2, 0) is 0 Å². The second-order valence-electron chi connectivity index (χ2n) is 5.79. The lowest BCUT2D eigenvalue weighted by Crippen LogP contribution is -1.86. The molecule has 0 saturated carbocycles. The highest BCUT2D eigenvalue weighted by molar-refractivity contribution is 7.00. The van der Waals surface area contributed by atoms with E-state index in [9.17, 15) is 0 Å². The van der Waals surface area contributed by atoms with Gasteiger partial charge in [-0.2, -0.15) is 8.75 Å². The molecule has 0 aliphatic rings. The molecule has 118 valence electrons. The van der Waals surface area contributed by atoms with Gasteiger partial charge in [-0.25, -0.2) is 0 Å². The Morgan fingerprint density at radius 2 is 1.36 bits per heavy atom. The Morgan fingerprint density at radius 1 is 0.600 bits per heavy atom. The van der Waals surface area contributed by atoms with Crippen molar-refractivity contribution >= 4 is 33.7 Å². The minimum atomic E-state index is 0.933. The fourth-order valence-electron chi connectivity index (χ4n) is 3.07. The minimum Gasteiger partial charge on any atom is -0.265 e. The third kappa shape index (κ3) is 2.45. The first-order chi connectivity index (χ1) is 12.4.